The summed E-state index contributed by atoms with van der Waals surface area (Å²) in [6.07, 6.45) is 5.00. The van der Waals surface area contributed by atoms with Gasteiger partial charge in [0.15, 0.2) is 5.75 Å². The number of allylic oxidation sites excluding steroid dienone is 2. The molecule has 3 aliphatic rings. The number of rotatable bonds is 5. The number of carbonyl (C=O) groups is 3. The van der Waals surface area contributed by atoms with Crippen LogP contribution in [0.4, 0.5) is 5.69 Å². The van der Waals surface area contributed by atoms with Crippen molar-refractivity contribution in [2.24, 2.45) is 23.7 Å². The number of hydrogen-bond donors (Lipinski definition) is 0. The maximum absolute atomic E-state index is 13.5. The number of esters is 1. The minimum atomic E-state index is -0.639. The molecule has 6 rings (SSSR count). The number of imide groups is 1. The van der Waals surface area contributed by atoms with Crippen LogP contribution >= 0.6 is 0 Å². The molecular weight excluding hydrogens is 426 g/mol. The molecule has 0 spiro atoms. The summed E-state index contributed by atoms with van der Waals surface area (Å²) in [6, 6.07) is 25.7. The van der Waals surface area contributed by atoms with E-state index in [9.17, 15) is 14.4 Å². The Kier molecular flexibility index (Phi) is 4.91. The second kappa shape index (κ2) is 8.10. The molecule has 3 aromatic carbocycles. The van der Waals surface area contributed by atoms with Gasteiger partial charge in [0.05, 0.1) is 17.5 Å². The minimum Gasteiger partial charge on any atom is -0.424 e. The maximum Gasteiger partial charge on any atom is 0.323 e. The van der Waals surface area contributed by atoms with E-state index in [4.69, 9.17) is 4.74 Å². The number of carbonyl (C=O) groups excluding carboxylic acids is 3. The second-order valence-corrected chi connectivity index (χ2v) is 9.15. The average molecular weight is 450 g/mol. The summed E-state index contributed by atoms with van der Waals surface area (Å²) in [4.78, 5) is 41.4. The highest BCUT2D eigenvalue weighted by molar-refractivity contribution is 6.23. The van der Waals surface area contributed by atoms with Gasteiger partial charge in [0.2, 0.25) is 11.8 Å². The highest BCUT2D eigenvalue weighted by Gasteiger charge is 2.60. The third-order valence-electron chi connectivity index (χ3n) is 7.29. The van der Waals surface area contributed by atoms with Crippen LogP contribution in [-0.2, 0) is 14.4 Å². The lowest BCUT2D eigenvalue weighted by molar-refractivity contribution is -0.135. The van der Waals surface area contributed by atoms with Crippen LogP contribution < -0.4 is 9.64 Å². The first-order valence-corrected chi connectivity index (χ1v) is 11.6. The summed E-state index contributed by atoms with van der Waals surface area (Å²) >= 11 is 0. The number of hydrogen-bond acceptors (Lipinski definition) is 4. The molecule has 34 heavy (non-hydrogen) atoms. The van der Waals surface area contributed by atoms with Gasteiger partial charge in [0.25, 0.3) is 0 Å². The number of ether oxygens (including phenoxy) is 1. The molecule has 0 radical (unpaired) electrons. The van der Waals surface area contributed by atoms with Crippen molar-refractivity contribution in [3.8, 4) is 5.75 Å². The lowest BCUT2D eigenvalue weighted by Crippen LogP contribution is -2.33. The van der Waals surface area contributed by atoms with Gasteiger partial charge in [-0.2, -0.15) is 0 Å². The van der Waals surface area contributed by atoms with Gasteiger partial charge < -0.3 is 4.74 Å². The van der Waals surface area contributed by atoms with Crippen LogP contribution in [-0.4, -0.2) is 17.8 Å². The zero-order valence-electron chi connectivity index (χ0n) is 18.4. The Morgan fingerprint density at radius 2 is 1.24 bits per heavy atom. The van der Waals surface area contributed by atoms with Crippen LogP contribution in [0, 0.1) is 23.7 Å². The third-order valence-corrected chi connectivity index (χ3v) is 7.29. The molecule has 2 fully saturated rings. The van der Waals surface area contributed by atoms with Crippen LogP contribution in [0.2, 0.25) is 0 Å². The highest BCUT2D eigenvalue weighted by atomic mass is 16.5. The fourth-order valence-electron chi connectivity index (χ4n) is 5.79. The first-order valence-electron chi connectivity index (χ1n) is 11.6. The highest BCUT2D eigenvalue weighted by Crippen LogP contribution is 2.54. The molecule has 168 valence electrons. The monoisotopic (exact) mass is 449 g/mol. The van der Waals surface area contributed by atoms with Crippen molar-refractivity contribution in [3.05, 3.63) is 108 Å². The Labute approximate surface area is 197 Å². The Hall–Kier alpha value is -3.99. The zero-order chi connectivity index (χ0) is 23.2. The van der Waals surface area contributed by atoms with E-state index < -0.39 is 11.9 Å². The molecule has 3 aromatic rings. The fourth-order valence-corrected chi connectivity index (χ4v) is 5.79. The predicted octanol–water partition coefficient (Wildman–Crippen LogP) is 4.74. The minimum absolute atomic E-state index is 0.117. The normalized spacial score (nSPS) is 24.7. The summed E-state index contributed by atoms with van der Waals surface area (Å²) < 4.78 is 5.92. The van der Waals surface area contributed by atoms with Crippen LogP contribution in [0.25, 0.3) is 0 Å². The van der Waals surface area contributed by atoms with Gasteiger partial charge in [-0.05, 0) is 41.5 Å². The Balaban J connectivity index is 1.34. The molecule has 2 amide bonds. The molecule has 5 nitrogen and oxygen atoms in total. The van der Waals surface area contributed by atoms with Crippen LogP contribution in [0.5, 0.6) is 5.75 Å². The van der Waals surface area contributed by atoms with E-state index in [0.29, 0.717) is 5.69 Å². The largest absolute Gasteiger partial charge is 0.424 e. The molecule has 5 heteroatoms. The molecule has 0 N–H and O–H groups in total. The quantitative estimate of drug-likeness (QED) is 0.244. The first kappa shape index (κ1) is 20.6. The maximum atomic E-state index is 13.5. The summed E-state index contributed by atoms with van der Waals surface area (Å²) in [7, 11) is 0. The Bertz CT molecular complexity index is 1230. The number of anilines is 1. The number of amides is 2. The molecule has 2 bridgehead atoms. The van der Waals surface area contributed by atoms with Crippen LogP contribution in [0.1, 0.15) is 23.5 Å². The average Bonchev–Trinajstić information content (AvgIpc) is 3.55. The van der Waals surface area contributed by atoms with Gasteiger partial charge in [0, 0.05) is 0 Å². The number of fused-ring (bicyclic) bond motifs is 5. The van der Waals surface area contributed by atoms with Crippen molar-refractivity contribution >= 4 is 23.5 Å². The zero-order valence-corrected chi connectivity index (χ0v) is 18.4. The number of para-hydroxylation sites is 2. The third kappa shape index (κ3) is 3.19. The molecule has 1 saturated heterocycles. The molecule has 1 heterocycles. The van der Waals surface area contributed by atoms with Crippen LogP contribution in [0.15, 0.2) is 97.1 Å². The summed E-state index contributed by atoms with van der Waals surface area (Å²) in [5, 5.41) is 0. The smallest absolute Gasteiger partial charge is 0.323 e. The lowest BCUT2D eigenvalue weighted by Gasteiger charge is -2.22. The van der Waals surface area contributed by atoms with Gasteiger partial charge in [-0.25, -0.2) is 4.90 Å². The van der Waals surface area contributed by atoms with Crippen molar-refractivity contribution in [2.75, 3.05) is 4.90 Å². The van der Waals surface area contributed by atoms with Crippen LogP contribution in [0.3, 0.4) is 0 Å². The van der Waals surface area contributed by atoms with E-state index in [0.717, 1.165) is 17.5 Å². The molecular formula is C29H23NO4. The van der Waals surface area contributed by atoms with E-state index >= 15 is 0 Å². The fraction of sp³-hybridized carbons (Fsp3) is 0.207. The summed E-state index contributed by atoms with van der Waals surface area (Å²) in [6.45, 7) is 0. The van der Waals surface area contributed by atoms with E-state index in [1.54, 1.807) is 24.3 Å². The van der Waals surface area contributed by atoms with Crippen molar-refractivity contribution in [3.63, 3.8) is 0 Å². The first-order chi connectivity index (χ1) is 16.6. The van der Waals surface area contributed by atoms with Crippen molar-refractivity contribution in [2.45, 2.75) is 12.3 Å². The van der Waals surface area contributed by atoms with Gasteiger partial charge in [-0.1, -0.05) is 84.9 Å². The van der Waals surface area contributed by atoms with Gasteiger partial charge in [-0.3, -0.25) is 14.4 Å². The SMILES string of the molecule is O=C(Oc1ccccc1N1C(=O)[C@@H]2[C@H](C1=O)[C@H]1C=C[C@H]2C1)C(c1ccccc1)c1ccccc1. The molecule has 2 aliphatic carbocycles. The van der Waals surface area contributed by atoms with E-state index in [2.05, 4.69) is 12.2 Å². The summed E-state index contributed by atoms with van der Waals surface area (Å²) in [5.41, 5.74) is 1.95. The van der Waals surface area contributed by atoms with Gasteiger partial charge in [-0.15, -0.1) is 0 Å². The number of benzene rings is 3. The standard InChI is InChI=1S/C29H23NO4/c31-27-25-20-15-16-21(17-20)26(25)28(32)30(27)22-13-7-8-14-23(22)34-29(33)24(18-9-3-1-4-10-18)19-11-5-2-6-12-19/h1-16,20-21,24-26H,17H2/t20-,21-,25-,26+/m0/s1. The lowest BCUT2D eigenvalue weighted by atomic mass is 9.85. The van der Waals surface area contributed by atoms with E-state index in [1.807, 2.05) is 60.7 Å². The molecule has 1 aliphatic heterocycles. The molecule has 4 atom stereocenters. The Morgan fingerprint density at radius 3 is 1.79 bits per heavy atom. The van der Waals surface area contributed by atoms with E-state index in [1.165, 1.54) is 4.90 Å². The molecule has 0 aromatic heterocycles. The molecule has 1 saturated carbocycles. The van der Waals surface area contributed by atoms with Gasteiger partial charge >= 0.3 is 5.97 Å². The van der Waals surface area contributed by atoms with E-state index in [-0.39, 0.29) is 41.2 Å². The molecule has 0 unspecified atom stereocenters. The second-order valence-electron chi connectivity index (χ2n) is 9.15. The van der Waals surface area contributed by atoms with Crippen molar-refractivity contribution in [1.82, 2.24) is 0 Å². The summed E-state index contributed by atoms with van der Waals surface area (Å²) in [5.74, 6) is -1.67. The number of nitrogens with zero attached hydrogens (tertiary/aromatic N) is 1. The Morgan fingerprint density at radius 1 is 0.735 bits per heavy atom. The predicted molar refractivity (Wildman–Crippen MR) is 127 cm³/mol. The topological polar surface area (TPSA) is 63.7 Å². The van der Waals surface area contributed by atoms with Crippen molar-refractivity contribution < 1.29 is 19.1 Å². The van der Waals surface area contributed by atoms with Crippen molar-refractivity contribution in [1.29, 1.82) is 0 Å². The van der Waals surface area contributed by atoms with Gasteiger partial charge in [0.1, 0.15) is 5.92 Å².